The molecule has 0 saturated heterocycles. The van der Waals surface area contributed by atoms with Crippen LogP contribution in [-0.2, 0) is 9.53 Å². The summed E-state index contributed by atoms with van der Waals surface area (Å²) >= 11 is 0. The van der Waals surface area contributed by atoms with E-state index >= 15 is 0 Å². The molecule has 0 aliphatic heterocycles. The van der Waals surface area contributed by atoms with E-state index in [0.29, 0.717) is 30.6 Å². The lowest BCUT2D eigenvalue weighted by molar-refractivity contribution is -0.138. The predicted octanol–water partition coefficient (Wildman–Crippen LogP) is 1.99. The monoisotopic (exact) mass is 213 g/mol. The minimum atomic E-state index is -0.304. The van der Waals surface area contributed by atoms with E-state index in [1.165, 1.54) is 0 Å². The Bertz CT molecular complexity index is 212. The third-order valence-electron chi connectivity index (χ3n) is 2.51. The second kappa shape index (κ2) is 7.46. The minimum Gasteiger partial charge on any atom is -0.463 e. The van der Waals surface area contributed by atoms with Crippen molar-refractivity contribution in [3.05, 3.63) is 12.2 Å². The summed E-state index contributed by atoms with van der Waals surface area (Å²) in [6, 6.07) is 0. The third-order valence-corrected chi connectivity index (χ3v) is 2.51. The molecule has 0 rings (SSSR count). The van der Waals surface area contributed by atoms with Crippen LogP contribution < -0.4 is 5.32 Å². The largest absolute Gasteiger partial charge is 0.463 e. The van der Waals surface area contributed by atoms with Gasteiger partial charge in [-0.2, -0.15) is 0 Å². The Kier molecular flexibility index (Phi) is 7.05. The maximum Gasteiger partial charge on any atom is 0.334 e. The van der Waals surface area contributed by atoms with Gasteiger partial charge in [0.2, 0.25) is 0 Å². The molecule has 0 aromatic heterocycles. The van der Waals surface area contributed by atoms with Crippen molar-refractivity contribution in [1.82, 2.24) is 5.32 Å². The van der Waals surface area contributed by atoms with Gasteiger partial charge in [-0.1, -0.05) is 27.4 Å². The summed E-state index contributed by atoms with van der Waals surface area (Å²) in [5.41, 5.74) is 0.493. The van der Waals surface area contributed by atoms with Crippen LogP contribution in [0.1, 0.15) is 27.7 Å². The van der Waals surface area contributed by atoms with Gasteiger partial charge < -0.3 is 10.1 Å². The number of carbonyl (C=O) groups excluding carboxylic acids is 1. The topological polar surface area (TPSA) is 38.3 Å². The molecular formula is C12H23NO2. The lowest BCUT2D eigenvalue weighted by atomic mass is 9.98. The number of nitrogens with one attached hydrogen (secondary N) is 1. The molecule has 1 unspecified atom stereocenters. The molecule has 1 atom stereocenters. The number of hydrogen-bond acceptors (Lipinski definition) is 3. The summed E-state index contributed by atoms with van der Waals surface area (Å²) in [6.07, 6.45) is 0. The van der Waals surface area contributed by atoms with Gasteiger partial charge in [0.15, 0.2) is 0 Å². The van der Waals surface area contributed by atoms with Crippen LogP contribution in [0.3, 0.4) is 0 Å². The quantitative estimate of drug-likeness (QED) is 0.519. The lowest BCUT2D eigenvalue weighted by Crippen LogP contribution is -2.28. The van der Waals surface area contributed by atoms with Crippen LogP contribution in [0.15, 0.2) is 12.2 Å². The molecule has 0 heterocycles. The lowest BCUT2D eigenvalue weighted by Gasteiger charge is -2.16. The zero-order chi connectivity index (χ0) is 11.8. The van der Waals surface area contributed by atoms with Crippen LogP contribution in [0.2, 0.25) is 0 Å². The van der Waals surface area contributed by atoms with Gasteiger partial charge >= 0.3 is 5.97 Å². The first-order valence-electron chi connectivity index (χ1n) is 5.54. The van der Waals surface area contributed by atoms with Crippen molar-refractivity contribution in [2.45, 2.75) is 27.7 Å². The average Bonchev–Trinajstić information content (AvgIpc) is 2.17. The van der Waals surface area contributed by atoms with Crippen LogP contribution in [-0.4, -0.2) is 25.7 Å². The van der Waals surface area contributed by atoms with Crippen molar-refractivity contribution < 1.29 is 9.53 Å². The fourth-order valence-electron chi connectivity index (χ4n) is 0.992. The highest BCUT2D eigenvalue weighted by Crippen LogP contribution is 2.07. The maximum absolute atomic E-state index is 11.2. The van der Waals surface area contributed by atoms with Crippen molar-refractivity contribution in [3.8, 4) is 0 Å². The highest BCUT2D eigenvalue weighted by Gasteiger charge is 2.09. The van der Waals surface area contributed by atoms with E-state index in [2.05, 4.69) is 32.7 Å². The van der Waals surface area contributed by atoms with Gasteiger partial charge in [0.05, 0.1) is 6.61 Å². The van der Waals surface area contributed by atoms with E-state index < -0.39 is 0 Å². The Balaban J connectivity index is 3.68. The van der Waals surface area contributed by atoms with Gasteiger partial charge in [-0.05, 0) is 25.3 Å². The molecule has 0 aliphatic carbocycles. The fourth-order valence-corrected chi connectivity index (χ4v) is 0.992. The Morgan fingerprint density at radius 1 is 1.40 bits per heavy atom. The first kappa shape index (κ1) is 14.2. The Morgan fingerprint density at radius 2 is 2.00 bits per heavy atom. The molecule has 15 heavy (non-hydrogen) atoms. The Labute approximate surface area is 92.9 Å². The number of carbonyl (C=O) groups is 1. The Hall–Kier alpha value is -0.830. The van der Waals surface area contributed by atoms with Gasteiger partial charge in [0.1, 0.15) is 0 Å². The van der Waals surface area contributed by atoms with Crippen molar-refractivity contribution >= 4 is 5.97 Å². The van der Waals surface area contributed by atoms with E-state index in [0.717, 1.165) is 6.54 Å². The van der Waals surface area contributed by atoms with Crippen molar-refractivity contribution in [2.75, 3.05) is 19.7 Å². The highest BCUT2D eigenvalue weighted by molar-refractivity contribution is 5.88. The molecule has 0 aliphatic rings. The molecule has 0 aromatic rings. The van der Waals surface area contributed by atoms with Crippen molar-refractivity contribution in [2.24, 2.45) is 11.8 Å². The maximum atomic E-state index is 11.2. The molecule has 0 aromatic carbocycles. The summed E-state index contributed by atoms with van der Waals surface area (Å²) in [4.78, 5) is 11.2. The number of rotatable bonds is 7. The van der Waals surface area contributed by atoms with Gasteiger partial charge in [-0.25, -0.2) is 4.79 Å². The molecule has 0 radical (unpaired) electrons. The summed E-state index contributed by atoms with van der Waals surface area (Å²) < 4.78 is 4.83. The summed E-state index contributed by atoms with van der Waals surface area (Å²) in [5, 5.41) is 3.21. The number of hydrogen-bond donors (Lipinski definition) is 1. The second-order valence-electron chi connectivity index (χ2n) is 4.18. The summed E-state index contributed by atoms with van der Waals surface area (Å²) in [7, 11) is 0. The normalized spacial score (nSPS) is 12.6. The molecule has 0 spiro atoms. The first-order chi connectivity index (χ1) is 6.99. The minimum absolute atomic E-state index is 0.304. The van der Waals surface area contributed by atoms with E-state index in [9.17, 15) is 4.79 Å². The van der Waals surface area contributed by atoms with E-state index in [-0.39, 0.29) is 5.97 Å². The van der Waals surface area contributed by atoms with Gasteiger partial charge in [-0.3, -0.25) is 0 Å². The van der Waals surface area contributed by atoms with Crippen LogP contribution in [0.25, 0.3) is 0 Å². The molecule has 3 heteroatoms. The fraction of sp³-hybridized carbons (Fsp3) is 0.750. The Morgan fingerprint density at radius 3 is 2.47 bits per heavy atom. The zero-order valence-corrected chi connectivity index (χ0v) is 10.3. The third kappa shape index (κ3) is 6.28. The molecule has 0 fully saturated rings. The molecule has 3 nitrogen and oxygen atoms in total. The summed E-state index contributed by atoms with van der Waals surface area (Å²) in [5.74, 6) is 0.940. The van der Waals surface area contributed by atoms with Crippen LogP contribution >= 0.6 is 0 Å². The molecular weight excluding hydrogens is 190 g/mol. The van der Waals surface area contributed by atoms with Crippen molar-refractivity contribution in [3.63, 3.8) is 0 Å². The van der Waals surface area contributed by atoms with Gasteiger partial charge in [0, 0.05) is 12.1 Å². The highest BCUT2D eigenvalue weighted by atomic mass is 16.5. The van der Waals surface area contributed by atoms with Gasteiger partial charge in [0.25, 0.3) is 0 Å². The molecule has 1 N–H and O–H groups in total. The molecule has 0 saturated carbocycles. The first-order valence-corrected chi connectivity index (χ1v) is 5.54. The molecule has 88 valence electrons. The standard InChI is InChI=1S/C12H23NO2/c1-6-15-12(14)11(5)8-13-7-10(4)9(2)3/h9-10,13H,5-8H2,1-4H3. The van der Waals surface area contributed by atoms with Crippen molar-refractivity contribution in [1.29, 1.82) is 0 Å². The number of ether oxygens (including phenoxy) is 1. The molecule has 0 amide bonds. The van der Waals surface area contributed by atoms with Crippen LogP contribution in [0.5, 0.6) is 0 Å². The van der Waals surface area contributed by atoms with Crippen LogP contribution in [0.4, 0.5) is 0 Å². The van der Waals surface area contributed by atoms with Gasteiger partial charge in [-0.15, -0.1) is 0 Å². The summed E-state index contributed by atoms with van der Waals surface area (Å²) in [6.45, 7) is 13.8. The van der Waals surface area contributed by atoms with E-state index in [4.69, 9.17) is 4.74 Å². The zero-order valence-electron chi connectivity index (χ0n) is 10.3. The van der Waals surface area contributed by atoms with E-state index in [1.54, 1.807) is 6.92 Å². The smallest absolute Gasteiger partial charge is 0.334 e. The molecule has 0 bridgehead atoms. The van der Waals surface area contributed by atoms with E-state index in [1.807, 2.05) is 0 Å². The SMILES string of the molecule is C=C(CNCC(C)C(C)C)C(=O)OCC. The van der Waals surface area contributed by atoms with Crippen LogP contribution in [0, 0.1) is 11.8 Å². The number of esters is 1. The predicted molar refractivity (Wildman–Crippen MR) is 62.6 cm³/mol. The second-order valence-corrected chi connectivity index (χ2v) is 4.18. The average molecular weight is 213 g/mol.